The van der Waals surface area contributed by atoms with Crippen molar-refractivity contribution in [3.63, 3.8) is 0 Å². The first-order chi connectivity index (χ1) is 8.02. The topological polar surface area (TPSA) is 69.6 Å². The van der Waals surface area contributed by atoms with Crippen LogP contribution < -0.4 is 5.32 Å². The number of hydrogen-bond donors (Lipinski definition) is 3. The monoisotopic (exact) mass is 235 g/mol. The normalized spacial score (nSPS) is 12.0. The van der Waals surface area contributed by atoms with Crippen molar-refractivity contribution in [3.8, 4) is 0 Å². The summed E-state index contributed by atoms with van der Waals surface area (Å²) in [5.41, 5.74) is 2.17. The number of benzene rings is 1. The Morgan fingerprint density at radius 3 is 2.59 bits per heavy atom. The van der Waals surface area contributed by atoms with E-state index in [0.717, 1.165) is 12.0 Å². The van der Waals surface area contributed by atoms with Crippen LogP contribution in [-0.2, 0) is 17.6 Å². The van der Waals surface area contributed by atoms with E-state index >= 15 is 0 Å². The Balaban J connectivity index is 2.74. The van der Waals surface area contributed by atoms with Gasteiger partial charge in [0.2, 0.25) is 5.91 Å². The van der Waals surface area contributed by atoms with E-state index in [1.54, 1.807) is 0 Å². The van der Waals surface area contributed by atoms with Gasteiger partial charge in [-0.3, -0.25) is 4.79 Å². The van der Waals surface area contributed by atoms with E-state index in [0.29, 0.717) is 6.42 Å². The molecule has 92 valence electrons. The molecule has 0 radical (unpaired) electrons. The zero-order valence-corrected chi connectivity index (χ0v) is 10.2. The summed E-state index contributed by atoms with van der Waals surface area (Å²) in [4.78, 5) is 10.9. The summed E-state index contributed by atoms with van der Waals surface area (Å²) in [6.45, 7) is 3.42. The number of nitrogens with one attached hydrogen (secondary N) is 1. The Morgan fingerprint density at radius 1 is 1.41 bits per heavy atom. The highest BCUT2D eigenvalue weighted by atomic mass is 16.4. The van der Waals surface area contributed by atoms with Gasteiger partial charge in [-0.25, -0.2) is 0 Å². The fourth-order valence-corrected chi connectivity index (χ4v) is 1.72. The van der Waals surface area contributed by atoms with Crippen molar-refractivity contribution in [1.82, 2.24) is 5.32 Å². The number of carbonyl (C=O) groups is 1. The van der Waals surface area contributed by atoms with Crippen molar-refractivity contribution < 1.29 is 14.8 Å². The van der Waals surface area contributed by atoms with Gasteiger partial charge in [-0.05, 0) is 24.0 Å². The van der Waals surface area contributed by atoms with Crippen LogP contribution in [0.5, 0.6) is 0 Å². The zero-order chi connectivity index (χ0) is 12.8. The van der Waals surface area contributed by atoms with E-state index in [4.69, 9.17) is 0 Å². The summed E-state index contributed by atoms with van der Waals surface area (Å²) in [6, 6.07) is 7.88. The average molecular weight is 235 g/mol. The van der Waals surface area contributed by atoms with E-state index < -0.39 is 13.1 Å². The Kier molecular flexibility index (Phi) is 5.19. The molecule has 0 aliphatic carbocycles. The van der Waals surface area contributed by atoms with Gasteiger partial charge >= 0.3 is 7.12 Å². The van der Waals surface area contributed by atoms with Crippen LogP contribution in [0.25, 0.3) is 0 Å². The molecule has 0 spiro atoms. The molecule has 5 heteroatoms. The van der Waals surface area contributed by atoms with E-state index in [-0.39, 0.29) is 5.91 Å². The summed E-state index contributed by atoms with van der Waals surface area (Å²) in [7, 11) is -1.55. The highest BCUT2D eigenvalue weighted by Gasteiger charge is 2.24. The molecule has 0 saturated heterocycles. The van der Waals surface area contributed by atoms with Gasteiger partial charge in [0.1, 0.15) is 0 Å². The molecule has 17 heavy (non-hydrogen) atoms. The first-order valence-corrected chi connectivity index (χ1v) is 5.74. The van der Waals surface area contributed by atoms with E-state index in [1.165, 1.54) is 12.5 Å². The third-order valence-electron chi connectivity index (χ3n) is 2.60. The summed E-state index contributed by atoms with van der Waals surface area (Å²) >= 11 is 0. The minimum absolute atomic E-state index is 0.269. The second-order valence-electron chi connectivity index (χ2n) is 4.10. The maximum absolute atomic E-state index is 10.9. The van der Waals surface area contributed by atoms with Crippen LogP contribution in [-0.4, -0.2) is 29.0 Å². The van der Waals surface area contributed by atoms with Crippen molar-refractivity contribution in [2.45, 2.75) is 32.6 Å². The largest absolute Gasteiger partial charge is 0.475 e. The maximum atomic E-state index is 10.9. The SMILES string of the molecule is CCc1cccc(CC(NC(C)=O)B(O)O)c1. The van der Waals surface area contributed by atoms with Gasteiger partial charge in [0.15, 0.2) is 0 Å². The molecule has 1 aromatic carbocycles. The Hall–Kier alpha value is -1.33. The summed E-state index contributed by atoms with van der Waals surface area (Å²) in [5, 5.41) is 20.9. The highest BCUT2D eigenvalue weighted by molar-refractivity contribution is 6.43. The molecular formula is C12H18BNO3. The molecule has 1 unspecified atom stereocenters. The smallest absolute Gasteiger partial charge is 0.426 e. The van der Waals surface area contributed by atoms with E-state index in [1.807, 2.05) is 24.3 Å². The lowest BCUT2D eigenvalue weighted by molar-refractivity contribution is -0.119. The number of amides is 1. The summed E-state index contributed by atoms with van der Waals surface area (Å²) < 4.78 is 0. The van der Waals surface area contributed by atoms with Crippen LogP contribution in [0.15, 0.2) is 24.3 Å². The highest BCUT2D eigenvalue weighted by Crippen LogP contribution is 2.09. The first kappa shape index (κ1) is 13.7. The lowest BCUT2D eigenvalue weighted by atomic mass is 9.76. The third-order valence-corrected chi connectivity index (χ3v) is 2.60. The second-order valence-corrected chi connectivity index (χ2v) is 4.10. The predicted octanol–water partition coefficient (Wildman–Crippen LogP) is 0.308. The van der Waals surface area contributed by atoms with E-state index in [9.17, 15) is 14.8 Å². The number of aryl methyl sites for hydroxylation is 1. The standard InChI is InChI=1S/C12H18BNO3/c1-3-10-5-4-6-11(7-10)8-12(13(16)17)14-9(2)15/h4-7,12,16-17H,3,8H2,1-2H3,(H,14,15). The molecule has 0 aromatic heterocycles. The van der Waals surface area contributed by atoms with E-state index in [2.05, 4.69) is 12.2 Å². The molecule has 0 saturated carbocycles. The summed E-state index contributed by atoms with van der Waals surface area (Å²) in [6.07, 6.45) is 1.34. The maximum Gasteiger partial charge on any atom is 0.475 e. The van der Waals surface area contributed by atoms with Gasteiger partial charge in [-0.2, -0.15) is 0 Å². The second kappa shape index (κ2) is 6.42. The van der Waals surface area contributed by atoms with Crippen LogP contribution in [0, 0.1) is 0 Å². The molecule has 0 bridgehead atoms. The fourth-order valence-electron chi connectivity index (χ4n) is 1.72. The van der Waals surface area contributed by atoms with Crippen LogP contribution in [0.4, 0.5) is 0 Å². The quantitative estimate of drug-likeness (QED) is 0.643. The molecule has 0 fully saturated rings. The molecule has 1 atom stereocenters. The van der Waals surface area contributed by atoms with Gasteiger partial charge in [0.25, 0.3) is 0 Å². The number of carbonyl (C=O) groups excluding carboxylic acids is 1. The minimum atomic E-state index is -1.55. The van der Waals surface area contributed by atoms with Crippen molar-refractivity contribution in [2.75, 3.05) is 0 Å². The van der Waals surface area contributed by atoms with Crippen LogP contribution in [0.2, 0.25) is 0 Å². The summed E-state index contributed by atoms with van der Waals surface area (Å²) in [5.74, 6) is -0.936. The zero-order valence-electron chi connectivity index (χ0n) is 10.2. The van der Waals surface area contributed by atoms with Gasteiger partial charge in [0.05, 0.1) is 5.94 Å². The lowest BCUT2D eigenvalue weighted by Gasteiger charge is -2.17. The third kappa shape index (κ3) is 4.59. The minimum Gasteiger partial charge on any atom is -0.426 e. The van der Waals surface area contributed by atoms with Crippen molar-refractivity contribution in [3.05, 3.63) is 35.4 Å². The molecule has 3 N–H and O–H groups in total. The first-order valence-electron chi connectivity index (χ1n) is 5.74. The van der Waals surface area contributed by atoms with Crippen molar-refractivity contribution in [2.24, 2.45) is 0 Å². The molecule has 0 heterocycles. The predicted molar refractivity (Wildman–Crippen MR) is 67.3 cm³/mol. The van der Waals surface area contributed by atoms with Crippen LogP contribution in [0.1, 0.15) is 25.0 Å². The molecule has 0 aliphatic rings. The number of hydrogen-bond acceptors (Lipinski definition) is 3. The van der Waals surface area contributed by atoms with Gasteiger partial charge in [-0.1, -0.05) is 31.2 Å². The Morgan fingerprint density at radius 2 is 2.06 bits per heavy atom. The van der Waals surface area contributed by atoms with Crippen LogP contribution >= 0.6 is 0 Å². The van der Waals surface area contributed by atoms with Gasteiger partial charge < -0.3 is 15.4 Å². The van der Waals surface area contributed by atoms with Gasteiger partial charge in [-0.15, -0.1) is 0 Å². The molecule has 4 nitrogen and oxygen atoms in total. The van der Waals surface area contributed by atoms with Crippen molar-refractivity contribution in [1.29, 1.82) is 0 Å². The molecule has 1 amide bonds. The Bertz CT molecular complexity index is 382. The number of rotatable bonds is 5. The fraction of sp³-hybridized carbons (Fsp3) is 0.417. The molecule has 0 aliphatic heterocycles. The Labute approximate surface area is 102 Å². The average Bonchev–Trinajstić information content (AvgIpc) is 2.27. The van der Waals surface area contributed by atoms with Crippen LogP contribution in [0.3, 0.4) is 0 Å². The molecule has 1 rings (SSSR count). The van der Waals surface area contributed by atoms with Crippen molar-refractivity contribution >= 4 is 13.0 Å². The molecular weight excluding hydrogens is 217 g/mol. The lowest BCUT2D eigenvalue weighted by Crippen LogP contribution is -2.47. The van der Waals surface area contributed by atoms with Gasteiger partial charge in [0, 0.05) is 6.92 Å². The molecule has 1 aromatic rings.